The fourth-order valence-corrected chi connectivity index (χ4v) is 4.95. The van der Waals surface area contributed by atoms with Gasteiger partial charge in [-0.15, -0.1) is 0 Å². The lowest BCUT2D eigenvalue weighted by atomic mass is 10.1. The first-order valence-electron chi connectivity index (χ1n) is 12.0. The lowest BCUT2D eigenvalue weighted by molar-refractivity contribution is -0.114. The largest absolute Gasteiger partial charge is 0.497 e. The summed E-state index contributed by atoms with van der Waals surface area (Å²) >= 11 is 1.10. The zero-order valence-electron chi connectivity index (χ0n) is 21.8. The predicted octanol–water partition coefficient (Wildman–Crippen LogP) is 6.34. The summed E-state index contributed by atoms with van der Waals surface area (Å²) < 4.78 is 34.8. The SMILES string of the molecule is COc1ccc(/C=C2/N=C(SCC(=O)Nc3c(C)cc(C)cc3C)N(c3ccc(OC(F)F)cc3)C2=O)cc1. The zero-order chi connectivity index (χ0) is 28.1. The minimum atomic E-state index is -2.96. The Hall–Kier alpha value is -4.18. The Morgan fingerprint density at radius 3 is 2.23 bits per heavy atom. The third kappa shape index (κ3) is 6.83. The van der Waals surface area contributed by atoms with E-state index in [4.69, 9.17) is 4.74 Å². The molecule has 0 radical (unpaired) electrons. The van der Waals surface area contributed by atoms with Crippen LogP contribution in [-0.4, -0.2) is 36.5 Å². The van der Waals surface area contributed by atoms with Crippen LogP contribution in [0.4, 0.5) is 20.2 Å². The molecule has 1 aliphatic heterocycles. The summed E-state index contributed by atoms with van der Waals surface area (Å²) in [5.41, 5.74) is 5.07. The van der Waals surface area contributed by atoms with E-state index in [0.717, 1.165) is 39.7 Å². The van der Waals surface area contributed by atoms with Crippen LogP contribution in [-0.2, 0) is 9.59 Å². The molecule has 0 aliphatic carbocycles. The summed E-state index contributed by atoms with van der Waals surface area (Å²) in [5, 5.41) is 3.24. The highest BCUT2D eigenvalue weighted by Gasteiger charge is 2.32. The number of aryl methyl sites for hydroxylation is 3. The van der Waals surface area contributed by atoms with Crippen molar-refractivity contribution in [3.63, 3.8) is 0 Å². The molecule has 0 aromatic heterocycles. The van der Waals surface area contributed by atoms with Crippen molar-refractivity contribution in [1.82, 2.24) is 0 Å². The first kappa shape index (κ1) is 27.8. The molecule has 1 N–H and O–H groups in total. The molecule has 0 bridgehead atoms. The number of carbonyl (C=O) groups is 2. The molecule has 3 aromatic carbocycles. The number of carbonyl (C=O) groups excluding carboxylic acids is 2. The van der Waals surface area contributed by atoms with Crippen molar-refractivity contribution in [2.75, 3.05) is 23.1 Å². The van der Waals surface area contributed by atoms with Gasteiger partial charge in [0.05, 0.1) is 18.6 Å². The van der Waals surface area contributed by atoms with Gasteiger partial charge in [0.15, 0.2) is 5.17 Å². The van der Waals surface area contributed by atoms with Crippen LogP contribution in [0.3, 0.4) is 0 Å². The van der Waals surface area contributed by atoms with Crippen LogP contribution in [0.1, 0.15) is 22.3 Å². The average Bonchev–Trinajstić information content (AvgIpc) is 3.20. The number of hydrogen-bond acceptors (Lipinski definition) is 6. The van der Waals surface area contributed by atoms with Gasteiger partial charge in [0.2, 0.25) is 5.91 Å². The molecule has 3 aromatic rings. The number of amides is 2. The van der Waals surface area contributed by atoms with Crippen LogP contribution in [0.25, 0.3) is 6.08 Å². The zero-order valence-corrected chi connectivity index (χ0v) is 22.6. The molecule has 0 atom stereocenters. The lowest BCUT2D eigenvalue weighted by Gasteiger charge is -2.18. The standard InChI is InChI=1S/C29H27F2N3O4S/c1-17-13-18(2)26(19(3)14-17)33-25(35)16-39-29-32-24(15-20-5-9-22(37-4)10-6-20)27(36)34(29)21-7-11-23(12-8-21)38-28(30)31/h5-15,28H,16H2,1-4H3,(H,33,35)/b24-15+. The molecular weight excluding hydrogens is 524 g/mol. The number of anilines is 2. The molecule has 2 amide bonds. The van der Waals surface area contributed by atoms with Crippen molar-refractivity contribution in [2.24, 2.45) is 4.99 Å². The molecule has 0 saturated carbocycles. The number of amidine groups is 1. The van der Waals surface area contributed by atoms with Crippen molar-refractivity contribution in [3.05, 3.63) is 88.6 Å². The van der Waals surface area contributed by atoms with E-state index in [2.05, 4.69) is 15.0 Å². The van der Waals surface area contributed by atoms with E-state index in [-0.39, 0.29) is 28.3 Å². The minimum absolute atomic E-state index is 0.00222. The predicted molar refractivity (Wildman–Crippen MR) is 151 cm³/mol. The molecule has 0 fully saturated rings. The van der Waals surface area contributed by atoms with Crippen LogP contribution < -0.4 is 19.7 Å². The van der Waals surface area contributed by atoms with Gasteiger partial charge < -0.3 is 14.8 Å². The maximum absolute atomic E-state index is 13.4. The first-order valence-corrected chi connectivity index (χ1v) is 13.0. The van der Waals surface area contributed by atoms with Gasteiger partial charge in [0.25, 0.3) is 5.91 Å². The fourth-order valence-electron chi connectivity index (χ4n) is 4.14. The number of nitrogens with one attached hydrogen (secondary N) is 1. The molecule has 0 unspecified atom stereocenters. The number of thioether (sulfide) groups is 1. The third-order valence-electron chi connectivity index (χ3n) is 5.84. The summed E-state index contributed by atoms with van der Waals surface area (Å²) in [5.74, 6) is -0.0336. The molecule has 39 heavy (non-hydrogen) atoms. The van der Waals surface area contributed by atoms with E-state index in [0.29, 0.717) is 11.4 Å². The maximum Gasteiger partial charge on any atom is 0.387 e. The topological polar surface area (TPSA) is 80.2 Å². The molecular formula is C29H27F2N3O4S. The third-order valence-corrected chi connectivity index (χ3v) is 6.78. The van der Waals surface area contributed by atoms with Gasteiger partial charge in [-0.1, -0.05) is 41.6 Å². The van der Waals surface area contributed by atoms with E-state index >= 15 is 0 Å². The van der Waals surface area contributed by atoms with E-state index < -0.39 is 12.5 Å². The second-order valence-electron chi connectivity index (χ2n) is 8.82. The van der Waals surface area contributed by atoms with Crippen molar-refractivity contribution in [1.29, 1.82) is 0 Å². The van der Waals surface area contributed by atoms with E-state index in [1.165, 1.54) is 29.2 Å². The summed E-state index contributed by atoms with van der Waals surface area (Å²) in [6, 6.07) is 16.8. The number of ether oxygens (including phenoxy) is 2. The smallest absolute Gasteiger partial charge is 0.387 e. The Kier molecular flexibility index (Phi) is 8.65. The molecule has 0 spiro atoms. The Morgan fingerprint density at radius 2 is 1.64 bits per heavy atom. The van der Waals surface area contributed by atoms with E-state index in [9.17, 15) is 18.4 Å². The molecule has 10 heteroatoms. The Balaban J connectivity index is 1.58. The van der Waals surface area contributed by atoms with Crippen molar-refractivity contribution in [2.45, 2.75) is 27.4 Å². The van der Waals surface area contributed by atoms with Gasteiger partial charge in [0, 0.05) is 5.69 Å². The normalized spacial score (nSPS) is 14.1. The molecule has 0 saturated heterocycles. The van der Waals surface area contributed by atoms with Crippen LogP contribution in [0.5, 0.6) is 11.5 Å². The van der Waals surface area contributed by atoms with Crippen LogP contribution in [0.2, 0.25) is 0 Å². The van der Waals surface area contributed by atoms with Gasteiger partial charge in [-0.05, 0) is 79.9 Å². The average molecular weight is 552 g/mol. The molecule has 4 rings (SSSR count). The summed E-state index contributed by atoms with van der Waals surface area (Å²) in [6.07, 6.45) is 1.63. The number of aliphatic imine (C=N–C) groups is 1. The molecule has 202 valence electrons. The van der Waals surface area contributed by atoms with Gasteiger partial charge in [-0.25, -0.2) is 4.99 Å². The quantitative estimate of drug-likeness (QED) is 0.331. The van der Waals surface area contributed by atoms with Gasteiger partial charge >= 0.3 is 6.61 Å². The number of benzene rings is 3. The Morgan fingerprint density at radius 1 is 1.03 bits per heavy atom. The van der Waals surface area contributed by atoms with Crippen molar-refractivity contribution in [3.8, 4) is 11.5 Å². The summed E-state index contributed by atoms with van der Waals surface area (Å²) in [4.78, 5) is 32.1. The first-order chi connectivity index (χ1) is 18.6. The number of alkyl halides is 2. The lowest BCUT2D eigenvalue weighted by Crippen LogP contribution is -2.31. The number of methoxy groups -OCH3 is 1. The number of halogens is 2. The molecule has 7 nitrogen and oxygen atoms in total. The van der Waals surface area contributed by atoms with Crippen LogP contribution in [0, 0.1) is 20.8 Å². The fraction of sp³-hybridized carbons (Fsp3) is 0.207. The number of rotatable bonds is 8. The highest BCUT2D eigenvalue weighted by atomic mass is 32.2. The summed E-state index contributed by atoms with van der Waals surface area (Å²) in [6.45, 7) is 2.90. The second-order valence-corrected chi connectivity index (χ2v) is 9.76. The number of hydrogen-bond donors (Lipinski definition) is 1. The van der Waals surface area contributed by atoms with Crippen molar-refractivity contribution < 1.29 is 27.8 Å². The van der Waals surface area contributed by atoms with Crippen molar-refractivity contribution >= 4 is 46.2 Å². The second kappa shape index (κ2) is 12.1. The molecule has 1 aliphatic rings. The Labute approximate surface area is 229 Å². The molecule has 1 heterocycles. The van der Waals surface area contributed by atoms with Crippen LogP contribution in [0.15, 0.2) is 71.4 Å². The highest BCUT2D eigenvalue weighted by Crippen LogP contribution is 2.31. The number of nitrogens with zero attached hydrogens (tertiary/aromatic N) is 2. The van der Waals surface area contributed by atoms with Gasteiger partial charge in [0.1, 0.15) is 17.2 Å². The van der Waals surface area contributed by atoms with E-state index in [1.807, 2.05) is 32.9 Å². The maximum atomic E-state index is 13.4. The monoisotopic (exact) mass is 551 g/mol. The van der Waals surface area contributed by atoms with Gasteiger partial charge in [-0.2, -0.15) is 8.78 Å². The van der Waals surface area contributed by atoms with Gasteiger partial charge in [-0.3, -0.25) is 14.5 Å². The van der Waals surface area contributed by atoms with Crippen LogP contribution >= 0.6 is 11.8 Å². The summed E-state index contributed by atoms with van der Waals surface area (Å²) in [7, 11) is 1.56. The minimum Gasteiger partial charge on any atom is -0.497 e. The van der Waals surface area contributed by atoms with E-state index in [1.54, 1.807) is 37.5 Å². The Bertz CT molecular complexity index is 1410. The highest BCUT2D eigenvalue weighted by molar-refractivity contribution is 8.14.